The quantitative estimate of drug-likeness (QED) is 0.420. The number of nitrogens with zero attached hydrogens (tertiary/aromatic N) is 2. The lowest BCUT2D eigenvalue weighted by atomic mass is 10.3. The number of amidine groups is 1. The number of amides is 1. The van der Waals surface area contributed by atoms with Crippen molar-refractivity contribution in [1.82, 2.24) is 4.90 Å². The Morgan fingerprint density at radius 2 is 2.64 bits per heavy atom. The molecule has 1 N–H and O–H groups in total. The van der Waals surface area contributed by atoms with Crippen molar-refractivity contribution in [3.63, 3.8) is 0 Å². The predicted octanol–water partition coefficient (Wildman–Crippen LogP) is -2.22. The first-order valence-electron chi connectivity index (χ1n) is 3.72. The van der Waals surface area contributed by atoms with Gasteiger partial charge in [-0.3, -0.25) is 14.7 Å². The van der Waals surface area contributed by atoms with Gasteiger partial charge in [0.25, 0.3) is 5.91 Å². The van der Waals surface area contributed by atoms with E-state index >= 15 is 0 Å². The fourth-order valence-corrected chi connectivity index (χ4v) is 1.36. The summed E-state index contributed by atoms with van der Waals surface area (Å²) in [5.74, 6) is 1.00. The first-order valence-corrected chi connectivity index (χ1v) is 3.72. The van der Waals surface area contributed by atoms with Gasteiger partial charge in [0.15, 0.2) is 18.6 Å². The summed E-state index contributed by atoms with van der Waals surface area (Å²) in [5, 5.41) is 0. The zero-order chi connectivity index (χ0) is 7.84. The molecule has 4 nitrogen and oxygen atoms in total. The summed E-state index contributed by atoms with van der Waals surface area (Å²) < 4.78 is 0. The van der Waals surface area contributed by atoms with Gasteiger partial charge in [0.05, 0.1) is 0 Å². The van der Waals surface area contributed by atoms with Gasteiger partial charge >= 0.3 is 0 Å². The third kappa shape index (κ3) is 0.859. The second-order valence-corrected chi connectivity index (χ2v) is 2.76. The number of aliphatic imine (C=N–C) groups is 1. The lowest BCUT2D eigenvalue weighted by Gasteiger charge is -2.14. The fourth-order valence-electron chi connectivity index (χ4n) is 1.36. The molecule has 2 heterocycles. The van der Waals surface area contributed by atoms with E-state index in [0.29, 0.717) is 13.1 Å². The number of fused-ring (bicyclic) bond motifs is 1. The standard InChI is InChI=1S/C7H9N3O/c1-5-7(11)10-3-2-8-4-6(10)9-5/h2,5H,3-4H2,1H3/p+1. The third-order valence-corrected chi connectivity index (χ3v) is 1.96. The molecule has 2 aliphatic rings. The molecular formula is C7H10N3O+. The predicted molar refractivity (Wildman–Crippen MR) is 40.5 cm³/mol. The van der Waals surface area contributed by atoms with Crippen LogP contribution in [0.3, 0.4) is 0 Å². The Bertz CT molecular complexity index is 256. The SMILES string of the molecule is CC1N=C2C[NH+]=CCN2C1=O. The Kier molecular flexibility index (Phi) is 1.27. The van der Waals surface area contributed by atoms with Gasteiger partial charge in [-0.25, -0.2) is 4.99 Å². The second-order valence-electron chi connectivity index (χ2n) is 2.76. The van der Waals surface area contributed by atoms with Crippen LogP contribution in [0.25, 0.3) is 0 Å². The highest BCUT2D eigenvalue weighted by atomic mass is 16.2. The van der Waals surface area contributed by atoms with E-state index in [1.807, 2.05) is 13.1 Å². The molecule has 2 rings (SSSR count). The molecule has 1 amide bonds. The average molecular weight is 152 g/mol. The van der Waals surface area contributed by atoms with Crippen LogP contribution < -0.4 is 4.99 Å². The molecule has 0 fully saturated rings. The van der Waals surface area contributed by atoms with Gasteiger partial charge in [0.1, 0.15) is 12.6 Å². The lowest BCUT2D eigenvalue weighted by Crippen LogP contribution is -2.77. The van der Waals surface area contributed by atoms with E-state index in [4.69, 9.17) is 0 Å². The summed E-state index contributed by atoms with van der Waals surface area (Å²) in [6.45, 7) is 3.17. The molecule has 58 valence electrons. The molecule has 0 saturated heterocycles. The maximum absolute atomic E-state index is 11.3. The fraction of sp³-hybridized carbons (Fsp3) is 0.571. The van der Waals surface area contributed by atoms with Gasteiger partial charge in [-0.05, 0) is 6.92 Å². The van der Waals surface area contributed by atoms with Crippen molar-refractivity contribution in [3.05, 3.63) is 0 Å². The number of carbonyl (C=O) groups is 1. The van der Waals surface area contributed by atoms with Gasteiger partial charge in [-0.1, -0.05) is 0 Å². The molecule has 0 bridgehead atoms. The normalized spacial score (nSPS) is 28.8. The Balaban J connectivity index is 2.30. The molecule has 0 spiro atoms. The summed E-state index contributed by atoms with van der Waals surface area (Å²) in [5.41, 5.74) is 0. The molecular weight excluding hydrogens is 142 g/mol. The first kappa shape index (κ1) is 6.52. The van der Waals surface area contributed by atoms with Gasteiger partial charge < -0.3 is 0 Å². The third-order valence-electron chi connectivity index (χ3n) is 1.96. The van der Waals surface area contributed by atoms with Crippen molar-refractivity contribution in [1.29, 1.82) is 0 Å². The number of nitrogens with one attached hydrogen (secondary N) is 1. The summed E-state index contributed by atoms with van der Waals surface area (Å²) in [7, 11) is 0. The number of rotatable bonds is 0. The Morgan fingerprint density at radius 1 is 1.82 bits per heavy atom. The van der Waals surface area contributed by atoms with E-state index in [9.17, 15) is 4.79 Å². The molecule has 11 heavy (non-hydrogen) atoms. The number of carbonyl (C=O) groups excluding carboxylic acids is 1. The van der Waals surface area contributed by atoms with E-state index in [1.165, 1.54) is 0 Å². The molecule has 1 atom stereocenters. The van der Waals surface area contributed by atoms with E-state index in [1.54, 1.807) is 4.90 Å². The highest BCUT2D eigenvalue weighted by Gasteiger charge is 2.33. The van der Waals surface area contributed by atoms with Crippen LogP contribution in [0, 0.1) is 0 Å². The molecule has 0 aliphatic carbocycles. The number of hydrogen-bond donors (Lipinski definition) is 1. The average Bonchev–Trinajstić information content (AvgIpc) is 2.30. The van der Waals surface area contributed by atoms with Gasteiger partial charge in [0, 0.05) is 0 Å². The van der Waals surface area contributed by atoms with Crippen molar-refractivity contribution in [2.75, 3.05) is 13.1 Å². The van der Waals surface area contributed by atoms with Crippen molar-refractivity contribution in [2.24, 2.45) is 4.99 Å². The van der Waals surface area contributed by atoms with Gasteiger partial charge in [-0.2, -0.15) is 0 Å². The second kappa shape index (κ2) is 2.15. The topological polar surface area (TPSA) is 46.6 Å². The van der Waals surface area contributed by atoms with Crippen LogP contribution in [0.4, 0.5) is 0 Å². The van der Waals surface area contributed by atoms with Crippen LogP contribution in [0.1, 0.15) is 6.92 Å². The maximum Gasteiger partial charge on any atom is 0.253 e. The van der Waals surface area contributed by atoms with Crippen molar-refractivity contribution < 1.29 is 9.79 Å². The van der Waals surface area contributed by atoms with Crippen LogP contribution in [-0.4, -0.2) is 42.0 Å². The highest BCUT2D eigenvalue weighted by molar-refractivity contribution is 6.07. The minimum Gasteiger partial charge on any atom is -0.283 e. The van der Waals surface area contributed by atoms with Gasteiger partial charge in [-0.15, -0.1) is 0 Å². The summed E-state index contributed by atoms with van der Waals surface area (Å²) in [6, 6.07) is -0.168. The molecule has 4 heteroatoms. The van der Waals surface area contributed by atoms with E-state index in [0.717, 1.165) is 5.84 Å². The molecule has 0 aromatic heterocycles. The van der Waals surface area contributed by atoms with Gasteiger partial charge in [0.2, 0.25) is 0 Å². The number of hydrogen-bond acceptors (Lipinski definition) is 2. The summed E-state index contributed by atoms with van der Waals surface area (Å²) in [4.78, 5) is 20.3. The van der Waals surface area contributed by atoms with E-state index in [-0.39, 0.29) is 11.9 Å². The largest absolute Gasteiger partial charge is 0.283 e. The first-order chi connectivity index (χ1) is 5.29. The van der Waals surface area contributed by atoms with Crippen LogP contribution in [0.2, 0.25) is 0 Å². The molecule has 1 unspecified atom stereocenters. The Hall–Kier alpha value is -1.19. The smallest absolute Gasteiger partial charge is 0.253 e. The van der Waals surface area contributed by atoms with Crippen LogP contribution in [0.5, 0.6) is 0 Å². The summed E-state index contributed by atoms with van der Waals surface area (Å²) >= 11 is 0. The monoisotopic (exact) mass is 152 g/mol. The molecule has 0 radical (unpaired) electrons. The van der Waals surface area contributed by atoms with Crippen LogP contribution in [0.15, 0.2) is 4.99 Å². The maximum atomic E-state index is 11.3. The lowest BCUT2D eigenvalue weighted by molar-refractivity contribution is -0.438. The highest BCUT2D eigenvalue weighted by Crippen LogP contribution is 2.08. The molecule has 0 aromatic carbocycles. The van der Waals surface area contributed by atoms with Crippen molar-refractivity contribution >= 4 is 18.0 Å². The van der Waals surface area contributed by atoms with E-state index < -0.39 is 0 Å². The van der Waals surface area contributed by atoms with Crippen LogP contribution >= 0.6 is 0 Å². The van der Waals surface area contributed by atoms with Crippen LogP contribution in [-0.2, 0) is 4.79 Å². The minimum absolute atomic E-state index is 0.123. The van der Waals surface area contributed by atoms with Crippen molar-refractivity contribution in [2.45, 2.75) is 13.0 Å². The molecule has 0 saturated carbocycles. The molecule has 0 aromatic rings. The van der Waals surface area contributed by atoms with E-state index in [2.05, 4.69) is 9.98 Å². The Labute approximate surface area is 64.6 Å². The van der Waals surface area contributed by atoms with Crippen molar-refractivity contribution in [3.8, 4) is 0 Å². The molecule has 2 aliphatic heterocycles. The zero-order valence-electron chi connectivity index (χ0n) is 6.37. The zero-order valence-corrected chi connectivity index (χ0v) is 6.37. The minimum atomic E-state index is -0.168. The summed E-state index contributed by atoms with van der Waals surface area (Å²) in [6.07, 6.45) is 1.88. The Morgan fingerprint density at radius 3 is 3.36 bits per heavy atom.